The van der Waals surface area contributed by atoms with Crippen LogP contribution in [-0.2, 0) is 13.0 Å². The Morgan fingerprint density at radius 3 is 2.67 bits per heavy atom. The number of hydrogen-bond acceptors (Lipinski definition) is 3. The molecule has 1 aromatic carbocycles. The number of nitrogens with zero attached hydrogens (tertiary/aromatic N) is 2. The predicted molar refractivity (Wildman–Crippen MR) is 68.1 cm³/mol. The van der Waals surface area contributed by atoms with Crippen LogP contribution in [0.15, 0.2) is 36.7 Å². The average Bonchev–Trinajstić information content (AvgIpc) is 2.87. The fraction of sp³-hybridized carbons (Fsp3) is 0.308. The standard InChI is InChI=1S/C13H17FN4/c1-2-18-9-11(8-16-18)13(17-15)7-10-3-5-12(14)6-4-10/h3-6,8-9,13,17H,2,7,15H2,1H3. The Bertz CT molecular complexity index is 492. The topological polar surface area (TPSA) is 55.9 Å². The minimum absolute atomic E-state index is 0.0178. The Labute approximate surface area is 106 Å². The molecule has 0 spiro atoms. The summed E-state index contributed by atoms with van der Waals surface area (Å²) in [6, 6.07) is 6.43. The third kappa shape index (κ3) is 2.94. The second kappa shape index (κ2) is 5.75. The van der Waals surface area contributed by atoms with E-state index in [-0.39, 0.29) is 11.9 Å². The van der Waals surface area contributed by atoms with Crippen molar-refractivity contribution in [1.29, 1.82) is 0 Å². The molecule has 0 fully saturated rings. The molecule has 18 heavy (non-hydrogen) atoms. The zero-order valence-electron chi connectivity index (χ0n) is 10.3. The smallest absolute Gasteiger partial charge is 0.123 e. The van der Waals surface area contributed by atoms with Crippen LogP contribution in [0.5, 0.6) is 0 Å². The van der Waals surface area contributed by atoms with E-state index >= 15 is 0 Å². The molecule has 2 rings (SSSR count). The summed E-state index contributed by atoms with van der Waals surface area (Å²) in [6.45, 7) is 2.86. The molecule has 0 aliphatic heterocycles. The molecule has 0 amide bonds. The molecule has 0 bridgehead atoms. The number of halogens is 1. The highest BCUT2D eigenvalue weighted by atomic mass is 19.1. The molecule has 4 nitrogen and oxygen atoms in total. The van der Waals surface area contributed by atoms with E-state index in [0.717, 1.165) is 17.7 Å². The van der Waals surface area contributed by atoms with Gasteiger partial charge in [-0.3, -0.25) is 16.0 Å². The van der Waals surface area contributed by atoms with Gasteiger partial charge >= 0.3 is 0 Å². The van der Waals surface area contributed by atoms with Crippen molar-refractivity contribution in [2.75, 3.05) is 0 Å². The Hall–Kier alpha value is -1.72. The van der Waals surface area contributed by atoms with Gasteiger partial charge in [-0.15, -0.1) is 0 Å². The van der Waals surface area contributed by atoms with Crippen LogP contribution in [0.2, 0.25) is 0 Å². The summed E-state index contributed by atoms with van der Waals surface area (Å²) in [5, 5.41) is 4.22. The van der Waals surface area contributed by atoms with E-state index < -0.39 is 0 Å². The molecule has 1 unspecified atom stereocenters. The summed E-state index contributed by atoms with van der Waals surface area (Å²) in [5.41, 5.74) is 4.83. The molecule has 5 heteroatoms. The summed E-state index contributed by atoms with van der Waals surface area (Å²) in [5.74, 6) is 5.35. The Morgan fingerprint density at radius 2 is 2.11 bits per heavy atom. The van der Waals surface area contributed by atoms with Crippen molar-refractivity contribution < 1.29 is 4.39 Å². The number of benzene rings is 1. The predicted octanol–water partition coefficient (Wildman–Crippen LogP) is 1.79. The number of rotatable bonds is 5. The lowest BCUT2D eigenvalue weighted by Crippen LogP contribution is -2.29. The number of nitrogens with one attached hydrogen (secondary N) is 1. The summed E-state index contributed by atoms with van der Waals surface area (Å²) in [4.78, 5) is 0. The van der Waals surface area contributed by atoms with Gasteiger partial charge in [-0.2, -0.15) is 5.10 Å². The summed E-state index contributed by atoms with van der Waals surface area (Å²) in [7, 11) is 0. The van der Waals surface area contributed by atoms with Crippen molar-refractivity contribution in [2.24, 2.45) is 5.84 Å². The van der Waals surface area contributed by atoms with Crippen molar-refractivity contribution in [3.8, 4) is 0 Å². The molecule has 96 valence electrons. The number of hydrazine groups is 1. The number of aromatic nitrogens is 2. The normalized spacial score (nSPS) is 12.6. The molecule has 1 heterocycles. The van der Waals surface area contributed by atoms with E-state index in [0.29, 0.717) is 6.42 Å². The van der Waals surface area contributed by atoms with Gasteiger partial charge in [0.1, 0.15) is 5.82 Å². The first-order valence-corrected chi connectivity index (χ1v) is 5.96. The summed E-state index contributed by atoms with van der Waals surface area (Å²) >= 11 is 0. The maximum Gasteiger partial charge on any atom is 0.123 e. The maximum atomic E-state index is 12.8. The van der Waals surface area contributed by atoms with Gasteiger partial charge in [-0.25, -0.2) is 4.39 Å². The van der Waals surface area contributed by atoms with E-state index in [9.17, 15) is 4.39 Å². The third-order valence-electron chi connectivity index (χ3n) is 2.93. The van der Waals surface area contributed by atoms with E-state index in [1.165, 1.54) is 12.1 Å². The largest absolute Gasteiger partial charge is 0.273 e. The zero-order valence-corrected chi connectivity index (χ0v) is 10.3. The van der Waals surface area contributed by atoms with Gasteiger partial charge in [-0.1, -0.05) is 12.1 Å². The molecule has 0 aliphatic rings. The van der Waals surface area contributed by atoms with Crippen LogP contribution in [0.1, 0.15) is 24.1 Å². The molecule has 0 saturated carbocycles. The molecule has 1 atom stereocenters. The van der Waals surface area contributed by atoms with Gasteiger partial charge in [0.2, 0.25) is 0 Å². The van der Waals surface area contributed by atoms with Crippen LogP contribution in [-0.4, -0.2) is 9.78 Å². The molecule has 2 aromatic rings. The summed E-state index contributed by atoms with van der Waals surface area (Å²) < 4.78 is 14.7. The van der Waals surface area contributed by atoms with Crippen LogP contribution >= 0.6 is 0 Å². The van der Waals surface area contributed by atoms with Gasteiger partial charge < -0.3 is 0 Å². The van der Waals surface area contributed by atoms with Gasteiger partial charge in [0.05, 0.1) is 12.2 Å². The van der Waals surface area contributed by atoms with Crippen LogP contribution < -0.4 is 11.3 Å². The fourth-order valence-electron chi connectivity index (χ4n) is 1.86. The average molecular weight is 248 g/mol. The quantitative estimate of drug-likeness (QED) is 0.626. The van der Waals surface area contributed by atoms with Crippen LogP contribution in [0.4, 0.5) is 4.39 Å². The van der Waals surface area contributed by atoms with E-state index in [1.807, 2.05) is 17.8 Å². The molecule has 1 aromatic heterocycles. The molecular weight excluding hydrogens is 231 g/mol. The second-order valence-corrected chi connectivity index (χ2v) is 4.18. The first kappa shape index (κ1) is 12.7. The monoisotopic (exact) mass is 248 g/mol. The first-order chi connectivity index (χ1) is 8.72. The highest BCUT2D eigenvalue weighted by Gasteiger charge is 2.12. The lowest BCUT2D eigenvalue weighted by molar-refractivity contribution is 0.549. The van der Waals surface area contributed by atoms with Crippen LogP contribution in [0, 0.1) is 5.82 Å². The summed E-state index contributed by atoms with van der Waals surface area (Å²) in [6.07, 6.45) is 4.47. The van der Waals surface area contributed by atoms with Gasteiger partial charge in [-0.05, 0) is 31.0 Å². The van der Waals surface area contributed by atoms with Crippen LogP contribution in [0.25, 0.3) is 0 Å². The van der Waals surface area contributed by atoms with Crippen molar-refractivity contribution in [2.45, 2.75) is 25.9 Å². The molecule has 3 N–H and O–H groups in total. The van der Waals surface area contributed by atoms with E-state index in [1.54, 1.807) is 18.3 Å². The van der Waals surface area contributed by atoms with E-state index in [4.69, 9.17) is 5.84 Å². The third-order valence-corrected chi connectivity index (χ3v) is 2.93. The highest BCUT2D eigenvalue weighted by molar-refractivity contribution is 5.20. The SMILES string of the molecule is CCn1cc(C(Cc2ccc(F)cc2)NN)cn1. The minimum atomic E-state index is -0.227. The molecular formula is C13H17FN4. The van der Waals surface area contributed by atoms with Gasteiger partial charge in [0.25, 0.3) is 0 Å². The van der Waals surface area contributed by atoms with E-state index in [2.05, 4.69) is 10.5 Å². The second-order valence-electron chi connectivity index (χ2n) is 4.18. The Balaban J connectivity index is 2.11. The maximum absolute atomic E-state index is 12.8. The lowest BCUT2D eigenvalue weighted by atomic mass is 10.0. The number of hydrogen-bond donors (Lipinski definition) is 2. The zero-order chi connectivity index (χ0) is 13.0. The van der Waals surface area contributed by atoms with Crippen molar-refractivity contribution in [1.82, 2.24) is 15.2 Å². The fourth-order valence-corrected chi connectivity index (χ4v) is 1.86. The number of aryl methyl sites for hydroxylation is 1. The van der Waals surface area contributed by atoms with Crippen molar-refractivity contribution >= 4 is 0 Å². The minimum Gasteiger partial charge on any atom is -0.273 e. The van der Waals surface area contributed by atoms with Crippen LogP contribution in [0.3, 0.4) is 0 Å². The lowest BCUT2D eigenvalue weighted by Gasteiger charge is -2.14. The molecule has 0 aliphatic carbocycles. The first-order valence-electron chi connectivity index (χ1n) is 5.96. The molecule has 0 saturated heterocycles. The van der Waals surface area contributed by atoms with Gasteiger partial charge in [0.15, 0.2) is 0 Å². The Morgan fingerprint density at radius 1 is 1.39 bits per heavy atom. The molecule has 0 radical (unpaired) electrons. The van der Waals surface area contributed by atoms with Gasteiger partial charge in [0, 0.05) is 18.3 Å². The highest BCUT2D eigenvalue weighted by Crippen LogP contribution is 2.17. The number of nitrogens with two attached hydrogens (primary N) is 1. The Kier molecular flexibility index (Phi) is 4.07. The van der Waals surface area contributed by atoms with Crippen molar-refractivity contribution in [3.63, 3.8) is 0 Å². The van der Waals surface area contributed by atoms with Crippen molar-refractivity contribution in [3.05, 3.63) is 53.6 Å².